The molecule has 26 heavy (non-hydrogen) atoms. The molecule has 0 unspecified atom stereocenters. The van der Waals surface area contributed by atoms with E-state index in [9.17, 15) is 13.2 Å². The first-order chi connectivity index (χ1) is 12.3. The number of hydrogen-bond acceptors (Lipinski definition) is 3. The maximum Gasteiger partial charge on any atom is 0.251 e. The van der Waals surface area contributed by atoms with Crippen molar-refractivity contribution in [3.05, 3.63) is 63.7 Å². The molecule has 3 N–H and O–H groups in total. The Morgan fingerprint density at radius 3 is 2.50 bits per heavy atom. The topological polar surface area (TPSA) is 89.3 Å². The first-order valence-corrected chi connectivity index (χ1v) is 10.4. The van der Waals surface area contributed by atoms with Crippen molar-refractivity contribution in [1.82, 2.24) is 5.32 Å². The van der Waals surface area contributed by atoms with E-state index in [1.54, 1.807) is 0 Å². The highest BCUT2D eigenvalue weighted by atomic mass is 35.5. The highest BCUT2D eigenvalue weighted by Crippen LogP contribution is 2.25. The van der Waals surface area contributed by atoms with Crippen LogP contribution in [0.25, 0.3) is 0 Å². The van der Waals surface area contributed by atoms with Gasteiger partial charge in [-0.3, -0.25) is 4.79 Å². The number of sulfonamides is 1. The van der Waals surface area contributed by atoms with Gasteiger partial charge in [0.25, 0.3) is 5.91 Å². The Morgan fingerprint density at radius 1 is 1.12 bits per heavy atom. The Hall–Kier alpha value is -1.89. The van der Waals surface area contributed by atoms with Crippen LogP contribution in [-0.2, 0) is 22.9 Å². The molecule has 1 aliphatic rings. The fraction of sp³-hybridized carbons (Fsp3) is 0.316. The summed E-state index contributed by atoms with van der Waals surface area (Å²) in [6.07, 6.45) is 4.59. The van der Waals surface area contributed by atoms with Crippen LogP contribution in [0, 0.1) is 0 Å². The van der Waals surface area contributed by atoms with Gasteiger partial charge in [0, 0.05) is 5.56 Å². The summed E-state index contributed by atoms with van der Waals surface area (Å²) in [4.78, 5) is 12.3. The Morgan fingerprint density at radius 2 is 1.81 bits per heavy atom. The lowest BCUT2D eigenvalue weighted by atomic mass is 9.89. The number of carbonyl (C=O) groups excluding carboxylic acids is 1. The van der Waals surface area contributed by atoms with Gasteiger partial charge in [-0.25, -0.2) is 13.6 Å². The van der Waals surface area contributed by atoms with Crippen LogP contribution in [-0.4, -0.2) is 14.3 Å². The Labute approximate surface area is 158 Å². The van der Waals surface area contributed by atoms with Gasteiger partial charge in [-0.1, -0.05) is 29.8 Å². The van der Waals surface area contributed by atoms with Gasteiger partial charge >= 0.3 is 0 Å². The summed E-state index contributed by atoms with van der Waals surface area (Å²) in [7, 11) is -3.99. The van der Waals surface area contributed by atoms with Gasteiger partial charge in [0.2, 0.25) is 10.0 Å². The minimum absolute atomic E-state index is 0.00761. The van der Waals surface area contributed by atoms with Crippen LogP contribution in [0.2, 0.25) is 5.02 Å². The summed E-state index contributed by atoms with van der Waals surface area (Å²) in [5, 5.41) is 8.03. The molecule has 0 radical (unpaired) electrons. The van der Waals surface area contributed by atoms with Crippen LogP contribution in [0.15, 0.2) is 41.3 Å². The van der Waals surface area contributed by atoms with E-state index in [1.807, 2.05) is 13.0 Å². The summed E-state index contributed by atoms with van der Waals surface area (Å²) in [5.41, 5.74) is 3.95. The number of primary sulfonamides is 1. The van der Waals surface area contributed by atoms with Crippen molar-refractivity contribution in [2.24, 2.45) is 5.14 Å². The molecule has 0 spiro atoms. The zero-order valence-electron chi connectivity index (χ0n) is 14.5. The maximum atomic E-state index is 12.5. The molecule has 0 aromatic heterocycles. The maximum absolute atomic E-state index is 12.5. The first kappa shape index (κ1) is 18.9. The van der Waals surface area contributed by atoms with Crippen molar-refractivity contribution in [3.8, 4) is 0 Å². The SMILES string of the molecule is C[C@@H](NC(=O)c1ccc(Cl)c(S(N)(=O)=O)c1)c1ccc2c(c1)CCCC2. The molecule has 0 aliphatic heterocycles. The second-order valence-electron chi connectivity index (χ2n) is 6.62. The molecule has 0 heterocycles. The fourth-order valence-corrected chi connectivity index (χ4v) is 4.32. The van der Waals surface area contributed by atoms with E-state index >= 15 is 0 Å². The lowest BCUT2D eigenvalue weighted by Gasteiger charge is -2.20. The van der Waals surface area contributed by atoms with Gasteiger partial charge in [0.1, 0.15) is 4.90 Å². The van der Waals surface area contributed by atoms with Gasteiger partial charge in [0.05, 0.1) is 11.1 Å². The van der Waals surface area contributed by atoms with Crippen LogP contribution in [0.4, 0.5) is 0 Å². The average Bonchev–Trinajstić information content (AvgIpc) is 2.60. The molecule has 7 heteroatoms. The first-order valence-electron chi connectivity index (χ1n) is 8.50. The third-order valence-corrected chi connectivity index (χ3v) is 6.11. The molecular weight excluding hydrogens is 372 g/mol. The predicted octanol–water partition coefficient (Wildman–Crippen LogP) is 3.36. The summed E-state index contributed by atoms with van der Waals surface area (Å²) in [5.74, 6) is -0.378. The molecular formula is C19H21ClN2O3S. The van der Waals surface area contributed by atoms with Crippen molar-refractivity contribution in [3.63, 3.8) is 0 Å². The number of amides is 1. The minimum atomic E-state index is -3.99. The van der Waals surface area contributed by atoms with Crippen LogP contribution in [0.5, 0.6) is 0 Å². The predicted molar refractivity (Wildman–Crippen MR) is 102 cm³/mol. The number of halogens is 1. The highest BCUT2D eigenvalue weighted by Gasteiger charge is 2.18. The minimum Gasteiger partial charge on any atom is -0.346 e. The summed E-state index contributed by atoms with van der Waals surface area (Å²) in [6, 6.07) is 10.2. The molecule has 2 aromatic rings. The standard InChI is InChI=1S/C19H21ClN2O3S/c1-12(14-7-6-13-4-2-3-5-15(13)10-14)22-19(23)16-8-9-17(20)18(11-16)26(21,24)25/h6-12H,2-5H2,1H3,(H,22,23)(H2,21,24,25)/t12-/m1/s1. The summed E-state index contributed by atoms with van der Waals surface area (Å²) < 4.78 is 23.1. The van der Waals surface area contributed by atoms with Crippen molar-refractivity contribution in [2.75, 3.05) is 0 Å². The Balaban J connectivity index is 1.80. The van der Waals surface area contributed by atoms with Crippen LogP contribution >= 0.6 is 11.6 Å². The van der Waals surface area contributed by atoms with E-state index in [1.165, 1.54) is 42.2 Å². The molecule has 1 atom stereocenters. The number of nitrogens with one attached hydrogen (secondary N) is 1. The molecule has 2 aromatic carbocycles. The molecule has 0 saturated carbocycles. The smallest absolute Gasteiger partial charge is 0.251 e. The second-order valence-corrected chi connectivity index (χ2v) is 8.56. The van der Waals surface area contributed by atoms with Gasteiger partial charge < -0.3 is 5.32 Å². The van der Waals surface area contributed by atoms with Gasteiger partial charge in [-0.2, -0.15) is 0 Å². The van der Waals surface area contributed by atoms with Crippen molar-refractivity contribution in [1.29, 1.82) is 0 Å². The number of fused-ring (bicyclic) bond motifs is 1. The zero-order valence-corrected chi connectivity index (χ0v) is 16.0. The van der Waals surface area contributed by atoms with Crippen LogP contribution in [0.1, 0.15) is 52.9 Å². The van der Waals surface area contributed by atoms with E-state index < -0.39 is 10.0 Å². The van der Waals surface area contributed by atoms with Crippen LogP contribution in [0.3, 0.4) is 0 Å². The summed E-state index contributed by atoms with van der Waals surface area (Å²) >= 11 is 5.86. The molecule has 5 nitrogen and oxygen atoms in total. The third-order valence-electron chi connectivity index (χ3n) is 4.72. The number of carbonyl (C=O) groups is 1. The van der Waals surface area contributed by atoms with Gasteiger partial charge in [-0.05, 0) is 67.5 Å². The monoisotopic (exact) mass is 392 g/mol. The average molecular weight is 393 g/mol. The number of aryl methyl sites for hydroxylation is 2. The molecule has 3 rings (SSSR count). The molecule has 0 bridgehead atoms. The zero-order chi connectivity index (χ0) is 18.9. The summed E-state index contributed by atoms with van der Waals surface area (Å²) in [6.45, 7) is 1.90. The quantitative estimate of drug-likeness (QED) is 0.835. The second kappa shape index (κ2) is 7.39. The molecule has 0 fully saturated rings. The molecule has 0 saturated heterocycles. The van der Waals surface area contributed by atoms with E-state index in [-0.39, 0.29) is 27.4 Å². The normalized spacial score (nSPS) is 15.2. The van der Waals surface area contributed by atoms with E-state index in [0.717, 1.165) is 18.4 Å². The number of hydrogen-bond donors (Lipinski definition) is 2. The van der Waals surface area contributed by atoms with Gasteiger partial charge in [-0.15, -0.1) is 0 Å². The van der Waals surface area contributed by atoms with Crippen LogP contribution < -0.4 is 10.5 Å². The number of rotatable bonds is 4. The fourth-order valence-electron chi connectivity index (χ4n) is 3.25. The highest BCUT2D eigenvalue weighted by molar-refractivity contribution is 7.89. The van der Waals surface area contributed by atoms with E-state index in [2.05, 4.69) is 17.4 Å². The largest absolute Gasteiger partial charge is 0.346 e. The molecule has 1 aliphatic carbocycles. The molecule has 138 valence electrons. The van der Waals surface area contributed by atoms with E-state index in [4.69, 9.17) is 16.7 Å². The van der Waals surface area contributed by atoms with Crippen molar-refractivity contribution < 1.29 is 13.2 Å². The Bertz CT molecular complexity index is 957. The Kier molecular flexibility index (Phi) is 5.37. The van der Waals surface area contributed by atoms with E-state index in [0.29, 0.717) is 0 Å². The third kappa shape index (κ3) is 4.09. The van der Waals surface area contributed by atoms with Gasteiger partial charge in [0.15, 0.2) is 0 Å². The molecule has 1 amide bonds. The lowest BCUT2D eigenvalue weighted by molar-refractivity contribution is 0.0939. The van der Waals surface area contributed by atoms with Crippen molar-refractivity contribution >= 4 is 27.5 Å². The number of benzene rings is 2. The lowest BCUT2D eigenvalue weighted by Crippen LogP contribution is -2.27. The number of nitrogens with two attached hydrogens (primary N) is 1. The van der Waals surface area contributed by atoms with Crippen molar-refractivity contribution in [2.45, 2.75) is 43.5 Å².